The predicted octanol–water partition coefficient (Wildman–Crippen LogP) is 3.47. The summed E-state index contributed by atoms with van der Waals surface area (Å²) in [6, 6.07) is 5.61. The number of fused-ring (bicyclic) bond motifs is 1. The number of aryl methyl sites for hydroxylation is 3. The van der Waals surface area contributed by atoms with Gasteiger partial charge >= 0.3 is 0 Å². The average Bonchev–Trinajstić information content (AvgIpc) is 2.88. The van der Waals surface area contributed by atoms with E-state index in [0.29, 0.717) is 16.8 Å². The molecule has 2 amide bonds. The number of hydrogen-bond donors (Lipinski definition) is 0. The van der Waals surface area contributed by atoms with E-state index in [1.54, 1.807) is 0 Å². The van der Waals surface area contributed by atoms with Gasteiger partial charge in [-0.15, -0.1) is 11.3 Å². The highest BCUT2D eigenvalue weighted by atomic mass is 32.1. The molecule has 1 aromatic carbocycles. The van der Waals surface area contributed by atoms with Crippen molar-refractivity contribution in [3.63, 3.8) is 0 Å². The van der Waals surface area contributed by atoms with E-state index in [1.165, 1.54) is 16.2 Å². The third kappa shape index (κ3) is 1.56. The maximum absolute atomic E-state index is 12.5. The largest absolute Gasteiger partial charge is 0.268 e. The zero-order valence-electron chi connectivity index (χ0n) is 11.0. The van der Waals surface area contributed by atoms with Crippen molar-refractivity contribution in [1.29, 1.82) is 0 Å². The summed E-state index contributed by atoms with van der Waals surface area (Å²) in [6.45, 7) is 5.66. The Bertz CT molecular complexity index is 674. The SMILES string of the molecule is Cc1ccc(C)c2c1C(=O)N(c1ccsc1C)C2=O. The smallest absolute Gasteiger partial charge is 0.266 e. The van der Waals surface area contributed by atoms with Gasteiger partial charge in [-0.2, -0.15) is 0 Å². The van der Waals surface area contributed by atoms with Gasteiger partial charge in [0.1, 0.15) is 0 Å². The van der Waals surface area contributed by atoms with E-state index in [2.05, 4.69) is 0 Å². The van der Waals surface area contributed by atoms with Gasteiger partial charge in [-0.1, -0.05) is 12.1 Å². The van der Waals surface area contributed by atoms with Gasteiger partial charge in [-0.05, 0) is 43.3 Å². The highest BCUT2D eigenvalue weighted by Gasteiger charge is 2.39. The Labute approximate surface area is 115 Å². The van der Waals surface area contributed by atoms with E-state index in [0.717, 1.165) is 16.0 Å². The molecule has 3 nitrogen and oxygen atoms in total. The van der Waals surface area contributed by atoms with Crippen molar-refractivity contribution in [3.8, 4) is 0 Å². The molecule has 0 saturated heterocycles. The minimum atomic E-state index is -0.206. The average molecular weight is 271 g/mol. The van der Waals surface area contributed by atoms with Crippen molar-refractivity contribution in [1.82, 2.24) is 0 Å². The van der Waals surface area contributed by atoms with Crippen molar-refractivity contribution >= 4 is 28.8 Å². The van der Waals surface area contributed by atoms with Crippen LogP contribution >= 0.6 is 11.3 Å². The molecule has 0 unspecified atom stereocenters. The maximum Gasteiger partial charge on any atom is 0.266 e. The Balaban J connectivity index is 2.23. The highest BCUT2D eigenvalue weighted by molar-refractivity contribution is 7.10. The normalized spacial score (nSPS) is 14.2. The third-order valence-corrected chi connectivity index (χ3v) is 4.36. The van der Waals surface area contributed by atoms with Crippen molar-refractivity contribution in [2.75, 3.05) is 4.90 Å². The Morgan fingerprint density at radius 3 is 1.84 bits per heavy atom. The molecular weight excluding hydrogens is 258 g/mol. The third-order valence-electron chi connectivity index (χ3n) is 3.53. The molecule has 2 aromatic rings. The fraction of sp³-hybridized carbons (Fsp3) is 0.200. The lowest BCUT2D eigenvalue weighted by Crippen LogP contribution is -2.29. The molecule has 0 spiro atoms. The van der Waals surface area contributed by atoms with E-state index in [4.69, 9.17) is 0 Å². The number of imide groups is 1. The highest BCUT2D eigenvalue weighted by Crippen LogP contribution is 2.35. The Hall–Kier alpha value is -1.94. The zero-order valence-corrected chi connectivity index (χ0v) is 11.8. The Kier molecular flexibility index (Phi) is 2.57. The van der Waals surface area contributed by atoms with Gasteiger partial charge in [0.15, 0.2) is 0 Å². The monoisotopic (exact) mass is 271 g/mol. The molecule has 0 bridgehead atoms. The summed E-state index contributed by atoms with van der Waals surface area (Å²) in [6.07, 6.45) is 0. The predicted molar refractivity (Wildman–Crippen MR) is 76.1 cm³/mol. The van der Waals surface area contributed by atoms with Gasteiger partial charge in [0.05, 0.1) is 16.8 Å². The van der Waals surface area contributed by atoms with Gasteiger partial charge in [0.25, 0.3) is 11.8 Å². The minimum absolute atomic E-state index is 0.206. The van der Waals surface area contributed by atoms with Crippen LogP contribution in [-0.4, -0.2) is 11.8 Å². The number of hydrogen-bond acceptors (Lipinski definition) is 3. The van der Waals surface area contributed by atoms with Gasteiger partial charge in [-0.25, -0.2) is 4.90 Å². The molecular formula is C15H13NO2S. The number of benzene rings is 1. The number of carbonyl (C=O) groups excluding carboxylic acids is 2. The van der Waals surface area contributed by atoms with Crippen molar-refractivity contribution in [2.24, 2.45) is 0 Å². The van der Waals surface area contributed by atoms with Crippen LogP contribution in [0.2, 0.25) is 0 Å². The second-order valence-electron chi connectivity index (χ2n) is 4.76. The molecule has 0 atom stereocenters. The Morgan fingerprint density at radius 2 is 1.42 bits per heavy atom. The first-order valence-electron chi connectivity index (χ1n) is 6.05. The number of carbonyl (C=O) groups is 2. The zero-order chi connectivity index (χ0) is 13.7. The van der Waals surface area contributed by atoms with E-state index in [-0.39, 0.29) is 11.8 Å². The molecule has 0 radical (unpaired) electrons. The number of thiophene rings is 1. The second-order valence-corrected chi connectivity index (χ2v) is 5.88. The van der Waals surface area contributed by atoms with Crippen molar-refractivity contribution in [3.05, 3.63) is 50.7 Å². The number of amides is 2. The van der Waals surface area contributed by atoms with Crippen LogP contribution in [0.5, 0.6) is 0 Å². The summed E-state index contributed by atoms with van der Waals surface area (Å²) in [5.74, 6) is -0.412. The molecule has 2 heterocycles. The molecule has 4 heteroatoms. The van der Waals surface area contributed by atoms with Crippen LogP contribution in [0.25, 0.3) is 0 Å². The summed E-state index contributed by atoms with van der Waals surface area (Å²) in [7, 11) is 0. The van der Waals surface area contributed by atoms with Crippen LogP contribution in [0.1, 0.15) is 36.7 Å². The van der Waals surface area contributed by atoms with Gasteiger partial charge in [-0.3, -0.25) is 9.59 Å². The quantitative estimate of drug-likeness (QED) is 0.745. The topological polar surface area (TPSA) is 37.4 Å². The molecule has 19 heavy (non-hydrogen) atoms. The van der Waals surface area contributed by atoms with E-state index < -0.39 is 0 Å². The molecule has 1 aromatic heterocycles. The molecule has 96 valence electrons. The molecule has 0 aliphatic carbocycles. The fourth-order valence-electron chi connectivity index (χ4n) is 2.51. The summed E-state index contributed by atoms with van der Waals surface area (Å²) in [5, 5.41) is 1.90. The van der Waals surface area contributed by atoms with Crippen molar-refractivity contribution in [2.45, 2.75) is 20.8 Å². The molecule has 3 rings (SSSR count). The number of rotatable bonds is 1. The van der Waals surface area contributed by atoms with Crippen LogP contribution in [0.4, 0.5) is 5.69 Å². The van der Waals surface area contributed by atoms with E-state index >= 15 is 0 Å². The van der Waals surface area contributed by atoms with Crippen LogP contribution in [0.15, 0.2) is 23.6 Å². The standard InChI is InChI=1S/C15H13NO2S/c1-8-4-5-9(2)13-12(8)14(17)16(15(13)18)11-6-7-19-10(11)3/h4-7H,1-3H3. The van der Waals surface area contributed by atoms with E-state index in [1.807, 2.05) is 44.4 Å². The molecule has 0 saturated carbocycles. The van der Waals surface area contributed by atoms with Crippen LogP contribution in [-0.2, 0) is 0 Å². The maximum atomic E-state index is 12.5. The lowest BCUT2D eigenvalue weighted by atomic mass is 9.99. The fourth-order valence-corrected chi connectivity index (χ4v) is 3.19. The molecule has 0 fully saturated rings. The lowest BCUT2D eigenvalue weighted by molar-refractivity contribution is 0.0926. The summed E-state index contributed by atoms with van der Waals surface area (Å²) in [5.41, 5.74) is 3.52. The van der Waals surface area contributed by atoms with Gasteiger partial charge < -0.3 is 0 Å². The van der Waals surface area contributed by atoms with E-state index in [9.17, 15) is 9.59 Å². The van der Waals surface area contributed by atoms with Crippen LogP contribution < -0.4 is 4.90 Å². The first-order valence-corrected chi connectivity index (χ1v) is 6.93. The lowest BCUT2D eigenvalue weighted by Gasteiger charge is -2.13. The van der Waals surface area contributed by atoms with Gasteiger partial charge in [0.2, 0.25) is 0 Å². The van der Waals surface area contributed by atoms with Gasteiger partial charge in [0, 0.05) is 4.88 Å². The molecule has 1 aliphatic heterocycles. The minimum Gasteiger partial charge on any atom is -0.268 e. The molecule has 0 N–H and O–H groups in total. The second kappa shape index (κ2) is 4.03. The molecule has 1 aliphatic rings. The number of nitrogens with zero attached hydrogens (tertiary/aromatic N) is 1. The number of anilines is 1. The van der Waals surface area contributed by atoms with Crippen molar-refractivity contribution < 1.29 is 9.59 Å². The summed E-state index contributed by atoms with van der Waals surface area (Å²) in [4.78, 5) is 27.4. The Morgan fingerprint density at radius 1 is 0.895 bits per heavy atom. The van der Waals surface area contributed by atoms with Crippen LogP contribution in [0.3, 0.4) is 0 Å². The first kappa shape index (κ1) is 12.1. The summed E-state index contributed by atoms with van der Waals surface area (Å²) >= 11 is 1.54. The first-order chi connectivity index (χ1) is 9.02. The summed E-state index contributed by atoms with van der Waals surface area (Å²) < 4.78 is 0. The van der Waals surface area contributed by atoms with Crippen LogP contribution in [0, 0.1) is 20.8 Å².